The normalized spacial score (nSPS) is 14.8. The van der Waals surface area contributed by atoms with Gasteiger partial charge in [0.2, 0.25) is 0 Å². The van der Waals surface area contributed by atoms with Gasteiger partial charge in [-0.1, -0.05) is 400 Å². The van der Waals surface area contributed by atoms with Crippen molar-refractivity contribution < 1.29 is 0 Å². The number of hydrogen-bond acceptors (Lipinski definition) is 0. The van der Waals surface area contributed by atoms with Crippen molar-refractivity contribution in [3.63, 3.8) is 0 Å². The molecule has 0 heteroatoms. The average molecular weight is 1520 g/mol. The minimum absolute atomic E-state index is 0.676. The van der Waals surface area contributed by atoms with Crippen LogP contribution < -0.4 is 0 Å². The fourth-order valence-electron chi connectivity index (χ4n) is 18.8. The monoisotopic (exact) mass is 1520 g/mol. The molecule has 0 radical (unpaired) electrons. The maximum atomic E-state index is 2.48. The second-order valence-electron chi connectivity index (χ2n) is 32.7. The number of rotatable bonds is 0. The first-order chi connectivity index (χ1) is 58.5. The Labute approximate surface area is 699 Å². The van der Waals surface area contributed by atoms with Crippen LogP contribution in [0.4, 0.5) is 0 Å². The fourth-order valence-corrected chi connectivity index (χ4v) is 18.8. The molecule has 0 N–H and O–H groups in total. The molecule has 26 rings (SSSR count). The van der Waals surface area contributed by atoms with Gasteiger partial charge in [-0.3, -0.25) is 0 Å². The Morgan fingerprint density at radius 2 is 0.517 bits per heavy atom. The van der Waals surface area contributed by atoms with Crippen molar-refractivity contribution >= 4 is 67.4 Å². The zero-order valence-corrected chi connectivity index (χ0v) is 67.8. The van der Waals surface area contributed by atoms with E-state index in [0.717, 1.165) is 38.5 Å². The van der Waals surface area contributed by atoms with E-state index in [1.807, 2.05) is 0 Å². The second kappa shape index (κ2) is 36.9. The van der Waals surface area contributed by atoms with Crippen LogP contribution in [0.2, 0.25) is 0 Å². The van der Waals surface area contributed by atoms with Crippen LogP contribution in [0.5, 0.6) is 0 Å². The van der Waals surface area contributed by atoms with Crippen LogP contribution in [0.25, 0.3) is 78.5 Å². The third-order valence-corrected chi connectivity index (χ3v) is 25.2. The predicted octanol–water partition coefficient (Wildman–Crippen LogP) is 29.3. The van der Waals surface area contributed by atoms with Gasteiger partial charge in [-0.2, -0.15) is 0 Å². The third kappa shape index (κ3) is 18.1. The molecule has 574 valence electrons. The van der Waals surface area contributed by atoms with Crippen LogP contribution in [-0.2, 0) is 89.9 Å². The quantitative estimate of drug-likeness (QED) is 0.0806. The Bertz CT molecular complexity index is 5990. The van der Waals surface area contributed by atoms with Crippen molar-refractivity contribution in [1.82, 2.24) is 0 Å². The highest BCUT2D eigenvalue weighted by molar-refractivity contribution is 6.07. The lowest BCUT2D eigenvalue weighted by molar-refractivity contribution is 0.897. The molecule has 0 aliphatic heterocycles. The fraction of sp³-hybridized carbons (Fsp3) is 0.153. The Balaban J connectivity index is 0.0000000918. The molecule has 10 aliphatic carbocycles. The number of allylic oxidation sites excluding steroid dienone is 8. The molecule has 1 unspecified atom stereocenters. The molecule has 16 aromatic rings. The summed E-state index contributed by atoms with van der Waals surface area (Å²) in [5.74, 6) is 0.676. The summed E-state index contributed by atoms with van der Waals surface area (Å²) < 4.78 is 0. The molecule has 10 aliphatic rings. The predicted molar refractivity (Wildman–Crippen MR) is 505 cm³/mol. The minimum atomic E-state index is 0.676. The SMILES string of the molecule is C1=CC2C=CCC2=C1.C1=Cc2cc3c(cc2C1)C=CC3.C1=Cc2ccccc2Cc2ccccc21.c1c2c(cc3c1CCC3)CCC2.c1ccc2c(c1)CCc1ccccc1-2.c1ccc2c(c1)CCc1ccccc1C2.c1ccc2c(c1)Cc1ccccc1C2.c1ccc2c(c1)ccc1ccccc12.c1ccc2cc3ccccc3cc2c1. The molecule has 118 heavy (non-hydrogen) atoms. The smallest absolute Gasteiger partial charge is 0.0166 e. The molecule has 16 aromatic carbocycles. The van der Waals surface area contributed by atoms with Gasteiger partial charge in [0.1, 0.15) is 0 Å². The number of aryl methyl sites for hydroxylation is 8. The van der Waals surface area contributed by atoms with Crippen LogP contribution in [0.3, 0.4) is 0 Å². The summed E-state index contributed by atoms with van der Waals surface area (Å²) in [5.41, 5.74) is 37.3. The first-order valence-electron chi connectivity index (χ1n) is 43.1. The van der Waals surface area contributed by atoms with E-state index in [2.05, 4.69) is 407 Å². The van der Waals surface area contributed by atoms with Crippen LogP contribution in [-0.4, -0.2) is 0 Å². The molecule has 0 aromatic heterocycles. The maximum Gasteiger partial charge on any atom is 0.0166 e. The molecule has 0 saturated heterocycles. The first kappa shape index (κ1) is 76.3. The molecular weight excluding hydrogens is 1420 g/mol. The molecule has 0 spiro atoms. The van der Waals surface area contributed by atoms with Crippen LogP contribution in [0, 0.1) is 5.92 Å². The van der Waals surface area contributed by atoms with E-state index < -0.39 is 0 Å². The molecule has 1 atom stereocenters. The highest BCUT2D eigenvalue weighted by atomic mass is 14.3. The lowest BCUT2D eigenvalue weighted by Gasteiger charge is -2.19. The third-order valence-electron chi connectivity index (χ3n) is 25.2. The molecule has 0 amide bonds. The Kier molecular flexibility index (Phi) is 23.8. The van der Waals surface area contributed by atoms with Gasteiger partial charge in [-0.05, 0) is 298 Å². The summed E-state index contributed by atoms with van der Waals surface area (Å²) in [7, 11) is 0. The molecular formula is C118H102. The van der Waals surface area contributed by atoms with Gasteiger partial charge >= 0.3 is 0 Å². The standard InChI is InChI=1S/C15H14.C15H12.C14H12.C14H10.C14H12.C14H10.C12H14.C12H10.C8H8/c2*1-3-7-14-11-15-8-4-2-6-13(15)10-9-12(14)5-1;2*1-3-7-13-11(5-1)9-10-12-6-2-4-8-14(12)13;2*1-2-6-12-10-14-8-4-3-7-13(14)9-11(12)5-1;2*1-3-9-7-11-5-2-6-12(11)8-10(9)4-1;1-3-7-5-2-6-8(7)4-1/h1-8H,9-11H2;1-10H,11H2;1-8H,9-10H2;1-10H;1-8H,9-10H2;1-10H;7-8H,1-6H2;1-3,6-8H,4-5H2;1-5,7H,6H2. The largest absolute Gasteiger partial charge is 0.0835 e. The van der Waals surface area contributed by atoms with E-state index in [-0.39, 0.29) is 0 Å². The van der Waals surface area contributed by atoms with Crippen LogP contribution in [0.15, 0.2) is 388 Å². The molecule has 0 nitrogen and oxygen atoms in total. The molecule has 0 saturated carbocycles. The van der Waals surface area contributed by atoms with E-state index in [1.165, 1.54) is 225 Å². The van der Waals surface area contributed by atoms with E-state index in [1.54, 1.807) is 27.8 Å². The van der Waals surface area contributed by atoms with Gasteiger partial charge in [0, 0.05) is 5.92 Å². The summed E-state index contributed by atoms with van der Waals surface area (Å²) in [6.45, 7) is 0. The highest BCUT2D eigenvalue weighted by Crippen LogP contribution is 2.37. The zero-order valence-electron chi connectivity index (χ0n) is 67.8. The van der Waals surface area contributed by atoms with Crippen molar-refractivity contribution in [3.05, 3.63) is 510 Å². The van der Waals surface area contributed by atoms with Gasteiger partial charge < -0.3 is 0 Å². The van der Waals surface area contributed by atoms with E-state index >= 15 is 0 Å². The number of benzene rings is 16. The Morgan fingerprint density at radius 1 is 0.195 bits per heavy atom. The highest BCUT2D eigenvalue weighted by Gasteiger charge is 2.20. The molecule has 0 fully saturated rings. The second-order valence-corrected chi connectivity index (χ2v) is 32.7. The Hall–Kier alpha value is -13.0. The molecule has 0 bridgehead atoms. The van der Waals surface area contributed by atoms with Crippen molar-refractivity contribution in [2.24, 2.45) is 5.92 Å². The summed E-state index contributed by atoms with van der Waals surface area (Å²) in [6.07, 6.45) is 45.1. The van der Waals surface area contributed by atoms with Gasteiger partial charge in [0.15, 0.2) is 0 Å². The summed E-state index contributed by atoms with van der Waals surface area (Å²) in [5, 5.41) is 10.5. The van der Waals surface area contributed by atoms with E-state index in [0.29, 0.717) is 5.92 Å². The van der Waals surface area contributed by atoms with Crippen LogP contribution in [0.1, 0.15) is 142 Å². The van der Waals surface area contributed by atoms with Crippen molar-refractivity contribution in [3.8, 4) is 11.1 Å². The van der Waals surface area contributed by atoms with Crippen molar-refractivity contribution in [1.29, 1.82) is 0 Å². The first-order valence-corrected chi connectivity index (χ1v) is 43.1. The molecule has 0 heterocycles. The summed E-state index contributed by atoms with van der Waals surface area (Å²) in [6, 6.07) is 122. The topological polar surface area (TPSA) is 0 Å². The minimum Gasteiger partial charge on any atom is -0.0835 e. The lowest BCUT2D eigenvalue weighted by atomic mass is 9.86. The van der Waals surface area contributed by atoms with E-state index in [4.69, 9.17) is 0 Å². The summed E-state index contributed by atoms with van der Waals surface area (Å²) >= 11 is 0. The average Bonchev–Trinajstić information content (AvgIpc) is 1.65. The number of hydrogen-bond donors (Lipinski definition) is 0. The van der Waals surface area contributed by atoms with E-state index in [9.17, 15) is 0 Å². The van der Waals surface area contributed by atoms with Crippen molar-refractivity contribution in [2.75, 3.05) is 0 Å². The number of fused-ring (bicyclic) bond motifs is 19. The van der Waals surface area contributed by atoms with Gasteiger partial charge in [-0.25, -0.2) is 0 Å². The zero-order chi connectivity index (χ0) is 79.0. The maximum absolute atomic E-state index is 2.48. The van der Waals surface area contributed by atoms with Crippen LogP contribution >= 0.6 is 0 Å². The lowest BCUT2D eigenvalue weighted by Crippen LogP contribution is -2.06. The summed E-state index contributed by atoms with van der Waals surface area (Å²) in [4.78, 5) is 0. The van der Waals surface area contributed by atoms with Gasteiger partial charge in [0.05, 0.1) is 0 Å². The van der Waals surface area contributed by atoms with Gasteiger partial charge in [0.25, 0.3) is 0 Å². The van der Waals surface area contributed by atoms with Crippen molar-refractivity contribution in [2.45, 2.75) is 109 Å². The van der Waals surface area contributed by atoms with Gasteiger partial charge in [-0.15, -0.1) is 0 Å². The Morgan fingerprint density at radius 3 is 0.924 bits per heavy atom.